The van der Waals surface area contributed by atoms with Crippen LogP contribution in [0.4, 0.5) is 10.2 Å². The zero-order chi connectivity index (χ0) is 21.6. The van der Waals surface area contributed by atoms with E-state index in [9.17, 15) is 14.7 Å². The van der Waals surface area contributed by atoms with E-state index in [1.165, 1.54) is 6.20 Å². The second-order valence-corrected chi connectivity index (χ2v) is 8.98. The Hall–Kier alpha value is -2.74. The van der Waals surface area contributed by atoms with Crippen molar-refractivity contribution in [1.29, 1.82) is 0 Å². The SMILES string of the molecule is CC(C)(C)n1cc(C(=O)O)c(=O)c2cc(F)c(N3CCN(C4C=CCC4)CC3)nc21. The van der Waals surface area contributed by atoms with E-state index in [0.717, 1.165) is 32.0 Å². The number of aromatic nitrogens is 2. The van der Waals surface area contributed by atoms with E-state index in [1.54, 1.807) is 4.57 Å². The number of carboxylic acids is 1. The van der Waals surface area contributed by atoms with Crippen molar-refractivity contribution in [2.45, 2.75) is 45.2 Å². The highest BCUT2D eigenvalue weighted by Gasteiger charge is 2.28. The predicted molar refractivity (Wildman–Crippen MR) is 114 cm³/mol. The Bertz CT molecular complexity index is 1080. The van der Waals surface area contributed by atoms with E-state index in [0.29, 0.717) is 24.8 Å². The van der Waals surface area contributed by atoms with Crippen LogP contribution in [0.5, 0.6) is 0 Å². The van der Waals surface area contributed by atoms with Crippen LogP contribution in [0.3, 0.4) is 0 Å². The lowest BCUT2D eigenvalue weighted by molar-refractivity contribution is 0.0694. The van der Waals surface area contributed by atoms with Gasteiger partial charge in [0.2, 0.25) is 5.43 Å². The maximum absolute atomic E-state index is 15.0. The van der Waals surface area contributed by atoms with Crippen molar-refractivity contribution < 1.29 is 14.3 Å². The van der Waals surface area contributed by atoms with Crippen molar-refractivity contribution >= 4 is 22.8 Å². The van der Waals surface area contributed by atoms with Gasteiger partial charge in [0.25, 0.3) is 0 Å². The number of hydrogen-bond acceptors (Lipinski definition) is 5. The Labute approximate surface area is 174 Å². The summed E-state index contributed by atoms with van der Waals surface area (Å²) in [6.07, 6.45) is 8.00. The number of allylic oxidation sites excluding steroid dienone is 1. The van der Waals surface area contributed by atoms with Crippen molar-refractivity contribution in [2.75, 3.05) is 31.1 Å². The van der Waals surface area contributed by atoms with Gasteiger partial charge in [-0.2, -0.15) is 0 Å². The van der Waals surface area contributed by atoms with E-state index < -0.39 is 22.8 Å². The molecule has 1 atom stereocenters. The van der Waals surface area contributed by atoms with Gasteiger partial charge in [-0.25, -0.2) is 14.2 Å². The number of nitrogens with zero attached hydrogens (tertiary/aromatic N) is 4. The number of hydrogen-bond donors (Lipinski definition) is 1. The maximum Gasteiger partial charge on any atom is 0.341 e. The molecular weight excluding hydrogens is 387 g/mol. The number of anilines is 1. The molecule has 3 heterocycles. The number of pyridine rings is 2. The zero-order valence-electron chi connectivity index (χ0n) is 17.6. The summed E-state index contributed by atoms with van der Waals surface area (Å²) in [5.41, 5.74) is -1.33. The molecule has 1 fully saturated rings. The second-order valence-electron chi connectivity index (χ2n) is 8.98. The van der Waals surface area contributed by atoms with E-state index >= 15 is 4.39 Å². The van der Waals surface area contributed by atoms with Crippen LogP contribution in [0.15, 0.2) is 29.2 Å². The number of rotatable bonds is 3. The van der Waals surface area contributed by atoms with E-state index in [4.69, 9.17) is 0 Å². The standard InChI is InChI=1S/C22H27FN4O3/c1-22(2,3)27-13-16(21(29)30)18(28)15-12-17(23)20(24-19(15)27)26-10-8-25(9-11-26)14-6-4-5-7-14/h4,6,12-14H,5,7-11H2,1-3H3,(H,29,30). The van der Waals surface area contributed by atoms with Gasteiger partial charge in [0, 0.05) is 44.0 Å². The first-order valence-corrected chi connectivity index (χ1v) is 10.3. The zero-order valence-corrected chi connectivity index (χ0v) is 17.6. The average Bonchev–Trinajstić information content (AvgIpc) is 3.22. The van der Waals surface area contributed by atoms with Crippen molar-refractivity contribution in [2.24, 2.45) is 0 Å². The largest absolute Gasteiger partial charge is 0.477 e. The fraction of sp³-hybridized carbons (Fsp3) is 0.500. The van der Waals surface area contributed by atoms with E-state index in [2.05, 4.69) is 22.0 Å². The number of carbonyl (C=O) groups is 1. The third-order valence-electron chi connectivity index (χ3n) is 5.94. The van der Waals surface area contributed by atoms with Gasteiger partial charge in [-0.3, -0.25) is 9.69 Å². The van der Waals surface area contributed by atoms with Gasteiger partial charge < -0.3 is 14.6 Å². The molecule has 2 aromatic rings. The van der Waals surface area contributed by atoms with Gasteiger partial charge in [0.15, 0.2) is 11.6 Å². The van der Waals surface area contributed by atoms with Gasteiger partial charge in [-0.05, 0) is 39.7 Å². The van der Waals surface area contributed by atoms with Crippen molar-refractivity contribution in [3.05, 3.63) is 46.0 Å². The van der Waals surface area contributed by atoms with Gasteiger partial charge in [0.1, 0.15) is 11.2 Å². The average molecular weight is 414 g/mol. The van der Waals surface area contributed by atoms with Crippen LogP contribution in [-0.4, -0.2) is 57.7 Å². The van der Waals surface area contributed by atoms with Crippen molar-refractivity contribution in [3.63, 3.8) is 0 Å². The lowest BCUT2D eigenvalue weighted by Gasteiger charge is -2.38. The third kappa shape index (κ3) is 3.60. The normalized spacial score (nSPS) is 20.3. The summed E-state index contributed by atoms with van der Waals surface area (Å²) >= 11 is 0. The molecule has 1 unspecified atom stereocenters. The Morgan fingerprint density at radius 1 is 1.23 bits per heavy atom. The predicted octanol–water partition coefficient (Wildman–Crippen LogP) is 2.83. The molecule has 2 aromatic heterocycles. The highest BCUT2D eigenvalue weighted by atomic mass is 19.1. The van der Waals surface area contributed by atoms with Crippen LogP contribution >= 0.6 is 0 Å². The van der Waals surface area contributed by atoms with Crippen LogP contribution in [0, 0.1) is 5.82 Å². The Kier molecular flexibility index (Phi) is 5.13. The summed E-state index contributed by atoms with van der Waals surface area (Å²) in [6, 6.07) is 1.60. The van der Waals surface area contributed by atoms with E-state index in [-0.39, 0.29) is 16.8 Å². The molecular formula is C22H27FN4O3. The van der Waals surface area contributed by atoms with Gasteiger partial charge in [-0.15, -0.1) is 0 Å². The molecule has 0 aromatic carbocycles. The highest BCUT2D eigenvalue weighted by molar-refractivity contribution is 5.92. The minimum absolute atomic E-state index is 0.0131. The minimum atomic E-state index is -1.33. The lowest BCUT2D eigenvalue weighted by Crippen LogP contribution is -2.50. The van der Waals surface area contributed by atoms with Crippen LogP contribution in [0.1, 0.15) is 44.0 Å². The Morgan fingerprint density at radius 2 is 1.93 bits per heavy atom. The van der Waals surface area contributed by atoms with Gasteiger partial charge in [0.05, 0.1) is 5.39 Å². The molecule has 7 nitrogen and oxygen atoms in total. The summed E-state index contributed by atoms with van der Waals surface area (Å²) < 4.78 is 16.7. The molecule has 30 heavy (non-hydrogen) atoms. The monoisotopic (exact) mass is 414 g/mol. The quantitative estimate of drug-likeness (QED) is 0.779. The molecule has 0 radical (unpaired) electrons. The number of piperazine rings is 1. The molecule has 4 rings (SSSR count). The highest BCUT2D eigenvalue weighted by Crippen LogP contribution is 2.27. The molecule has 1 aliphatic carbocycles. The molecule has 1 N–H and O–H groups in total. The first-order chi connectivity index (χ1) is 14.2. The van der Waals surface area contributed by atoms with Crippen LogP contribution in [0.25, 0.3) is 11.0 Å². The number of fused-ring (bicyclic) bond motifs is 1. The maximum atomic E-state index is 15.0. The summed E-state index contributed by atoms with van der Waals surface area (Å²) in [5.74, 6) is -1.72. The fourth-order valence-corrected chi connectivity index (χ4v) is 4.29. The van der Waals surface area contributed by atoms with Crippen LogP contribution in [-0.2, 0) is 5.54 Å². The first kappa shape index (κ1) is 20.5. The first-order valence-electron chi connectivity index (χ1n) is 10.3. The molecule has 1 saturated heterocycles. The molecule has 160 valence electrons. The van der Waals surface area contributed by atoms with Crippen LogP contribution < -0.4 is 10.3 Å². The molecule has 0 bridgehead atoms. The minimum Gasteiger partial charge on any atom is -0.477 e. The smallest absolute Gasteiger partial charge is 0.341 e. The van der Waals surface area contributed by atoms with Crippen molar-refractivity contribution in [3.8, 4) is 0 Å². The molecule has 2 aliphatic rings. The van der Waals surface area contributed by atoms with Gasteiger partial charge >= 0.3 is 5.97 Å². The van der Waals surface area contributed by atoms with Crippen molar-refractivity contribution in [1.82, 2.24) is 14.5 Å². The summed E-state index contributed by atoms with van der Waals surface area (Å²) in [6.45, 7) is 8.60. The van der Waals surface area contributed by atoms with Crippen LogP contribution in [0.2, 0.25) is 0 Å². The number of carboxylic acid groups (broad SMARTS) is 1. The summed E-state index contributed by atoms with van der Waals surface area (Å²) in [5, 5.41) is 9.40. The lowest BCUT2D eigenvalue weighted by atomic mass is 10.1. The van der Waals surface area contributed by atoms with Gasteiger partial charge in [-0.1, -0.05) is 12.2 Å². The summed E-state index contributed by atoms with van der Waals surface area (Å²) in [4.78, 5) is 33.0. The topological polar surface area (TPSA) is 78.7 Å². The number of aromatic carboxylic acids is 1. The molecule has 8 heteroatoms. The summed E-state index contributed by atoms with van der Waals surface area (Å²) in [7, 11) is 0. The molecule has 1 aliphatic heterocycles. The Balaban J connectivity index is 1.74. The Morgan fingerprint density at radius 3 is 2.50 bits per heavy atom. The number of halogens is 1. The molecule has 0 spiro atoms. The molecule has 0 saturated carbocycles. The second kappa shape index (κ2) is 7.50. The fourth-order valence-electron chi connectivity index (χ4n) is 4.29. The molecule has 0 amide bonds. The third-order valence-corrected chi connectivity index (χ3v) is 5.94. The van der Waals surface area contributed by atoms with E-state index in [1.807, 2.05) is 25.7 Å².